The second kappa shape index (κ2) is 5.22. The van der Waals surface area contributed by atoms with Crippen LogP contribution >= 0.6 is 0 Å². The molecule has 0 atom stereocenters. The molecule has 0 aliphatic heterocycles. The van der Waals surface area contributed by atoms with Gasteiger partial charge in [0, 0.05) is 0 Å². The standard InChI is InChI=1S/C2H5O2.C2H3.O.Zn/c3-1-2-4;1-2;;/h3H,1-2H2;1H,2H2;;/q-1;;;+1. The molecule has 0 rings (SSSR count). The summed E-state index contributed by atoms with van der Waals surface area (Å²) in [5, 5.41) is 8.15. The third kappa shape index (κ3) is 4.25. The Kier molecular flexibility index (Phi) is 5.28. The molecule has 0 radical (unpaired) electrons. The molecule has 4 heteroatoms. The normalized spacial score (nSPS) is 7.50. The van der Waals surface area contributed by atoms with Crippen LogP contribution in [0.3, 0.4) is 0 Å². The van der Waals surface area contributed by atoms with Crippen LogP contribution in [0.1, 0.15) is 0 Å². The van der Waals surface area contributed by atoms with E-state index in [1.807, 2.05) is 0 Å². The van der Waals surface area contributed by atoms with E-state index in [0.717, 1.165) is 0 Å². The molecule has 44 valence electrons. The van der Waals surface area contributed by atoms with Crippen molar-refractivity contribution in [3.8, 4) is 0 Å². The summed E-state index contributed by atoms with van der Waals surface area (Å²) in [6.07, 6.45) is 0. The Balaban J connectivity index is 3.11. The van der Waals surface area contributed by atoms with Gasteiger partial charge in [-0.3, -0.25) is 0 Å². The Morgan fingerprint density at radius 2 is 2.50 bits per heavy atom. The molecule has 0 spiro atoms. The summed E-state index contributed by atoms with van der Waals surface area (Å²) in [4.78, 5) is 0. The first kappa shape index (κ1) is 8.08. The van der Waals surface area contributed by atoms with Gasteiger partial charge in [0.2, 0.25) is 0 Å². The van der Waals surface area contributed by atoms with Crippen LogP contribution in [0.15, 0.2) is 11.2 Å². The Morgan fingerprint density at radius 1 is 1.88 bits per heavy atom. The van der Waals surface area contributed by atoms with E-state index in [9.17, 15) is 3.57 Å². The summed E-state index contributed by atoms with van der Waals surface area (Å²) in [6, 6.07) is 0. The quantitative estimate of drug-likeness (QED) is 0.604. The average molecular weight is 169 g/mol. The summed E-state index contributed by atoms with van der Waals surface area (Å²) in [6.45, 7) is 3.40. The van der Waals surface area contributed by atoms with Crippen molar-refractivity contribution in [2.75, 3.05) is 13.2 Å². The van der Waals surface area contributed by atoms with Crippen molar-refractivity contribution in [3.63, 3.8) is 0 Å². The monoisotopic (exact) mass is 168 g/mol. The third-order valence-corrected chi connectivity index (χ3v) is 3.11. The summed E-state index contributed by atoms with van der Waals surface area (Å²) in [7, 11) is 0. The molecule has 0 aromatic heterocycles. The molecule has 3 nitrogen and oxygen atoms in total. The second-order valence-electron chi connectivity index (χ2n) is 1.37. The molecule has 0 amide bonds. The van der Waals surface area contributed by atoms with E-state index in [0.29, 0.717) is 0 Å². The van der Waals surface area contributed by atoms with E-state index >= 15 is 0 Å². The fourth-order valence-electron chi connectivity index (χ4n) is 0.290. The van der Waals surface area contributed by atoms with Crippen molar-refractivity contribution in [2.24, 2.45) is 0 Å². The fourth-order valence-corrected chi connectivity index (χ4v) is 1.51. The molecular weight excluding hydrogens is 161 g/mol. The van der Waals surface area contributed by atoms with Gasteiger partial charge in [-0.2, -0.15) is 0 Å². The molecule has 0 fully saturated rings. The van der Waals surface area contributed by atoms with Crippen molar-refractivity contribution < 1.29 is 28.5 Å². The van der Waals surface area contributed by atoms with Gasteiger partial charge in [-0.05, 0) is 0 Å². The van der Waals surface area contributed by atoms with Gasteiger partial charge in [0.15, 0.2) is 0 Å². The van der Waals surface area contributed by atoms with Crippen LogP contribution in [0.25, 0.3) is 0 Å². The molecule has 8 heavy (non-hydrogen) atoms. The Hall–Kier alpha value is 0.0834. The Morgan fingerprint density at radius 3 is 2.88 bits per heavy atom. The molecule has 1 N–H and O–H groups in total. The van der Waals surface area contributed by atoms with Gasteiger partial charge < -0.3 is 0 Å². The maximum atomic E-state index is 10.4. The summed E-state index contributed by atoms with van der Waals surface area (Å²) >= 11 is -2.92. The van der Waals surface area contributed by atoms with E-state index in [1.165, 1.54) is 4.67 Å². The van der Waals surface area contributed by atoms with Crippen LogP contribution in [0.2, 0.25) is 0 Å². The fraction of sp³-hybridized carbons (Fsp3) is 0.500. The molecule has 0 aromatic carbocycles. The first-order valence-electron chi connectivity index (χ1n) is 2.50. The molecule has 0 bridgehead atoms. The maximum absolute atomic E-state index is 10.4. The Bertz CT molecular complexity index is 91.3. The first-order chi connectivity index (χ1) is 3.81. The number of hydrogen-bond donors (Lipinski definition) is 1. The van der Waals surface area contributed by atoms with E-state index in [-0.39, 0.29) is 13.2 Å². The van der Waals surface area contributed by atoms with Gasteiger partial charge >= 0.3 is 53.0 Å². The molecule has 0 saturated carbocycles. The number of hydrogen-bond acceptors (Lipinski definition) is 3. The SMILES string of the molecule is C=[CH][Zn](=[O])[O]CCO. The second-order valence-corrected chi connectivity index (χ2v) is 5.33. The van der Waals surface area contributed by atoms with Gasteiger partial charge in [0.05, 0.1) is 0 Å². The van der Waals surface area contributed by atoms with Gasteiger partial charge in [-0.1, -0.05) is 0 Å². The van der Waals surface area contributed by atoms with Crippen molar-refractivity contribution in [3.05, 3.63) is 11.2 Å². The van der Waals surface area contributed by atoms with E-state index < -0.39 is 16.3 Å². The van der Waals surface area contributed by atoms with Crippen molar-refractivity contribution in [1.29, 1.82) is 0 Å². The average Bonchev–Trinajstić information content (AvgIpc) is 1.83. The topological polar surface area (TPSA) is 46.5 Å². The van der Waals surface area contributed by atoms with Crippen LogP contribution in [-0.2, 0) is 23.4 Å². The third-order valence-electron chi connectivity index (χ3n) is 0.673. The van der Waals surface area contributed by atoms with Crippen LogP contribution in [0, 0.1) is 0 Å². The number of aliphatic hydroxyl groups excluding tert-OH is 1. The minimum atomic E-state index is -2.92. The van der Waals surface area contributed by atoms with E-state index in [1.54, 1.807) is 0 Å². The van der Waals surface area contributed by atoms with E-state index in [2.05, 4.69) is 10.1 Å². The zero-order chi connectivity index (χ0) is 6.41. The molecule has 0 unspecified atom stereocenters. The van der Waals surface area contributed by atoms with Crippen molar-refractivity contribution in [1.82, 2.24) is 0 Å². The summed E-state index contributed by atoms with van der Waals surface area (Å²) in [5.41, 5.74) is 0. The van der Waals surface area contributed by atoms with Gasteiger partial charge in [-0.15, -0.1) is 0 Å². The van der Waals surface area contributed by atoms with Crippen molar-refractivity contribution in [2.45, 2.75) is 0 Å². The first-order valence-corrected chi connectivity index (χ1v) is 6.63. The molecule has 0 heterocycles. The molecule has 0 saturated heterocycles. The summed E-state index contributed by atoms with van der Waals surface area (Å²) in [5.74, 6) is 0. The van der Waals surface area contributed by atoms with Crippen LogP contribution in [0.4, 0.5) is 0 Å². The zero-order valence-corrected chi connectivity index (χ0v) is 7.64. The molecule has 0 aliphatic rings. The van der Waals surface area contributed by atoms with Gasteiger partial charge in [0.25, 0.3) is 0 Å². The zero-order valence-electron chi connectivity index (χ0n) is 4.67. The molecular formula is C4H8O3Zn. The summed E-state index contributed by atoms with van der Waals surface area (Å²) < 4.78 is 16.4. The van der Waals surface area contributed by atoms with Crippen LogP contribution in [-0.4, -0.2) is 18.3 Å². The van der Waals surface area contributed by atoms with Gasteiger partial charge in [-0.25, -0.2) is 0 Å². The van der Waals surface area contributed by atoms with Crippen LogP contribution < -0.4 is 0 Å². The predicted molar refractivity (Wildman–Crippen MR) is 23.9 cm³/mol. The Labute approximate surface area is 53.5 Å². The van der Waals surface area contributed by atoms with Crippen LogP contribution in [0.5, 0.6) is 0 Å². The van der Waals surface area contributed by atoms with E-state index in [4.69, 9.17) is 5.11 Å². The number of aliphatic hydroxyl groups is 1. The molecule has 0 aromatic rings. The number of rotatable bonds is 4. The molecule has 0 aliphatic carbocycles. The van der Waals surface area contributed by atoms with Gasteiger partial charge in [0.1, 0.15) is 0 Å². The van der Waals surface area contributed by atoms with Crippen molar-refractivity contribution >= 4 is 0 Å². The minimum absolute atomic E-state index is 0.0664. The predicted octanol–water partition coefficient (Wildman–Crippen LogP) is 0.0175.